The largest absolute Gasteiger partial charge is 0.344 e. The quantitative estimate of drug-likeness (QED) is 0.567. The van der Waals surface area contributed by atoms with E-state index in [2.05, 4.69) is 20.6 Å². The lowest BCUT2D eigenvalue weighted by molar-refractivity contribution is 0.881. The molecule has 0 fully saturated rings. The maximum Gasteiger partial charge on any atom is 0.135 e. The van der Waals surface area contributed by atoms with Gasteiger partial charge in [-0.3, -0.25) is 0 Å². The second-order valence-electron chi connectivity index (χ2n) is 0.563. The molecule has 0 saturated carbocycles. The van der Waals surface area contributed by atoms with Crippen molar-refractivity contribution in [1.82, 2.24) is 26.8 Å². The van der Waals surface area contributed by atoms with Crippen molar-refractivity contribution in [3.8, 4) is 0 Å². The fourth-order valence-corrected chi connectivity index (χ4v) is 0.129. The number of nitrogens with one attached hydrogen (secondary N) is 1. The molecular weight excluding hydrogens is 153 g/mol. The van der Waals surface area contributed by atoms with Crippen LogP contribution in [0.1, 0.15) is 0 Å². The van der Waals surface area contributed by atoms with E-state index in [0.717, 1.165) is 0 Å². The van der Waals surface area contributed by atoms with E-state index in [9.17, 15) is 0 Å². The molecule has 0 radical (unpaired) electrons. The molecule has 0 unspecified atom stereocenters. The van der Waals surface area contributed by atoms with Crippen LogP contribution >= 0.6 is 24.8 Å². The normalized spacial score (nSPS) is 5.00. The van der Waals surface area contributed by atoms with Gasteiger partial charge in [0.05, 0.1) is 0 Å². The molecule has 0 aliphatic carbocycles. The maximum atomic E-state index is 3.31. The van der Waals surface area contributed by atoms with Gasteiger partial charge in [0, 0.05) is 0 Å². The molecule has 0 spiro atoms. The lowest BCUT2D eigenvalue weighted by atomic mass is 11.4. The van der Waals surface area contributed by atoms with Gasteiger partial charge in [-0.15, -0.1) is 29.9 Å². The van der Waals surface area contributed by atoms with Crippen molar-refractivity contribution in [2.45, 2.75) is 0 Å². The fraction of sp³-hybridized carbons (Fsp3) is 0. The van der Waals surface area contributed by atoms with Crippen LogP contribution in [0.5, 0.6) is 0 Å². The van der Waals surface area contributed by atoms with E-state index < -0.39 is 0 Å². The van der Waals surface area contributed by atoms with Gasteiger partial charge in [0.1, 0.15) is 6.33 Å². The van der Waals surface area contributed by atoms with Crippen LogP contribution < -0.4 is 6.15 Å². The summed E-state index contributed by atoms with van der Waals surface area (Å²) in [6.07, 6.45) is 1.40. The topological polar surface area (TPSA) is 89.5 Å². The molecule has 1 heterocycles. The maximum absolute atomic E-state index is 3.31. The SMILES string of the molecule is Cl.Cl.N.c1nnn[nH]1. The van der Waals surface area contributed by atoms with Gasteiger partial charge in [0.2, 0.25) is 0 Å². The van der Waals surface area contributed by atoms with E-state index in [0.29, 0.717) is 0 Å². The summed E-state index contributed by atoms with van der Waals surface area (Å²) in [5.74, 6) is 0. The van der Waals surface area contributed by atoms with E-state index in [-0.39, 0.29) is 31.0 Å². The van der Waals surface area contributed by atoms with Crippen LogP contribution in [0, 0.1) is 0 Å². The van der Waals surface area contributed by atoms with Crippen molar-refractivity contribution in [1.29, 1.82) is 0 Å². The molecule has 7 heteroatoms. The third-order valence-electron chi connectivity index (χ3n) is 0.270. The molecule has 8 heavy (non-hydrogen) atoms. The monoisotopic (exact) mass is 159 g/mol. The van der Waals surface area contributed by atoms with Crippen LogP contribution in [0.3, 0.4) is 0 Å². The lowest BCUT2D eigenvalue weighted by Gasteiger charge is -1.42. The van der Waals surface area contributed by atoms with Gasteiger partial charge in [0.15, 0.2) is 0 Å². The standard InChI is InChI=1S/CH2N4.2ClH.H3N/c1-2-4-5-3-1;;;/h1H,(H,2,3,4,5);2*1H;1H3. The Bertz CT molecular complexity index is 66.9. The summed E-state index contributed by atoms with van der Waals surface area (Å²) in [6.45, 7) is 0. The first-order valence-electron chi connectivity index (χ1n) is 1.17. The highest BCUT2D eigenvalue weighted by Gasteiger charge is 1.58. The molecule has 0 bridgehead atoms. The summed E-state index contributed by atoms with van der Waals surface area (Å²) in [5.41, 5.74) is 0. The molecule has 0 aromatic carbocycles. The van der Waals surface area contributed by atoms with Gasteiger partial charge in [-0.25, -0.2) is 5.10 Å². The third kappa shape index (κ3) is 5.61. The molecule has 5 nitrogen and oxygen atoms in total. The summed E-state index contributed by atoms with van der Waals surface area (Å²) in [5, 5.41) is 12.1. The molecule has 1 rings (SSSR count). The average Bonchev–Trinajstić information content (AvgIpc) is 1.76. The minimum atomic E-state index is 0. The summed E-state index contributed by atoms with van der Waals surface area (Å²) in [6, 6.07) is 0. The predicted molar refractivity (Wildman–Crippen MR) is 33.7 cm³/mol. The second-order valence-corrected chi connectivity index (χ2v) is 0.563. The van der Waals surface area contributed by atoms with Gasteiger partial charge in [0.25, 0.3) is 0 Å². The minimum absolute atomic E-state index is 0. The molecular formula is CH7Cl2N5. The highest BCUT2D eigenvalue weighted by molar-refractivity contribution is 5.85. The van der Waals surface area contributed by atoms with E-state index in [1.165, 1.54) is 6.33 Å². The van der Waals surface area contributed by atoms with E-state index in [1.54, 1.807) is 0 Å². The first-order chi connectivity index (χ1) is 2.50. The molecule has 1 aromatic heterocycles. The number of hydrogen-bond donors (Lipinski definition) is 2. The number of nitrogens with zero attached hydrogens (tertiary/aromatic N) is 3. The first kappa shape index (κ1) is 15.6. The first-order valence-corrected chi connectivity index (χ1v) is 1.17. The predicted octanol–water partition coefficient (Wildman–Crippen LogP) is 0.205. The Morgan fingerprint density at radius 3 is 2.00 bits per heavy atom. The van der Waals surface area contributed by atoms with Crippen LogP contribution in [-0.4, -0.2) is 20.6 Å². The minimum Gasteiger partial charge on any atom is -0.344 e. The number of rotatable bonds is 0. The van der Waals surface area contributed by atoms with E-state index in [4.69, 9.17) is 0 Å². The zero-order chi connectivity index (χ0) is 3.54. The Labute approximate surface area is 58.6 Å². The van der Waals surface area contributed by atoms with Gasteiger partial charge >= 0.3 is 0 Å². The van der Waals surface area contributed by atoms with Crippen LogP contribution in [-0.2, 0) is 0 Å². The Kier molecular flexibility index (Phi) is 19.1. The Morgan fingerprint density at radius 2 is 1.88 bits per heavy atom. The second kappa shape index (κ2) is 9.79. The van der Waals surface area contributed by atoms with Crippen molar-refractivity contribution < 1.29 is 0 Å². The van der Waals surface area contributed by atoms with Crippen LogP contribution in [0.25, 0.3) is 0 Å². The number of tetrazole rings is 1. The van der Waals surface area contributed by atoms with Crippen molar-refractivity contribution in [3.63, 3.8) is 0 Å². The highest BCUT2D eigenvalue weighted by atomic mass is 35.5. The third-order valence-corrected chi connectivity index (χ3v) is 0.270. The molecule has 4 N–H and O–H groups in total. The Morgan fingerprint density at radius 1 is 1.25 bits per heavy atom. The fourth-order valence-electron chi connectivity index (χ4n) is 0.129. The zero-order valence-electron chi connectivity index (χ0n) is 3.94. The Balaban J connectivity index is -0.0000000833. The summed E-state index contributed by atoms with van der Waals surface area (Å²) >= 11 is 0. The average molecular weight is 160 g/mol. The van der Waals surface area contributed by atoms with Crippen molar-refractivity contribution >= 4 is 24.8 Å². The summed E-state index contributed by atoms with van der Waals surface area (Å²) in [4.78, 5) is 0. The van der Waals surface area contributed by atoms with Crippen LogP contribution in [0.4, 0.5) is 0 Å². The zero-order valence-corrected chi connectivity index (χ0v) is 5.58. The van der Waals surface area contributed by atoms with Crippen molar-refractivity contribution in [2.24, 2.45) is 0 Å². The van der Waals surface area contributed by atoms with Gasteiger partial charge in [-0.2, -0.15) is 0 Å². The van der Waals surface area contributed by atoms with E-state index >= 15 is 0 Å². The van der Waals surface area contributed by atoms with Gasteiger partial charge in [-0.05, 0) is 10.4 Å². The number of hydrogen-bond acceptors (Lipinski definition) is 4. The molecule has 1 aromatic rings. The number of aromatic nitrogens is 4. The van der Waals surface area contributed by atoms with Crippen molar-refractivity contribution in [3.05, 3.63) is 6.33 Å². The summed E-state index contributed by atoms with van der Waals surface area (Å²) < 4.78 is 0. The smallest absolute Gasteiger partial charge is 0.135 e. The highest BCUT2D eigenvalue weighted by Crippen LogP contribution is 1.43. The molecule has 0 aliphatic rings. The number of halogens is 2. The van der Waals surface area contributed by atoms with Gasteiger partial charge < -0.3 is 6.15 Å². The molecule has 0 atom stereocenters. The Hall–Kier alpha value is -0.390. The van der Waals surface area contributed by atoms with Gasteiger partial charge in [-0.1, -0.05) is 0 Å². The molecule has 0 saturated heterocycles. The van der Waals surface area contributed by atoms with Crippen LogP contribution in [0.2, 0.25) is 0 Å². The number of aromatic amines is 1. The lowest BCUT2D eigenvalue weighted by Crippen LogP contribution is -1.64. The molecule has 50 valence electrons. The van der Waals surface area contributed by atoms with Crippen molar-refractivity contribution in [2.75, 3.05) is 0 Å². The summed E-state index contributed by atoms with van der Waals surface area (Å²) in [7, 11) is 0. The van der Waals surface area contributed by atoms with Crippen LogP contribution in [0.15, 0.2) is 6.33 Å². The number of H-pyrrole nitrogens is 1. The van der Waals surface area contributed by atoms with E-state index in [1.807, 2.05) is 0 Å². The molecule has 0 amide bonds. The molecule has 0 aliphatic heterocycles.